The van der Waals surface area contributed by atoms with Gasteiger partial charge in [-0.05, 0) is 37.3 Å². The second-order valence-electron chi connectivity index (χ2n) is 6.75. The zero-order valence-corrected chi connectivity index (χ0v) is 16.5. The minimum Gasteiger partial charge on any atom is -0.472 e. The average molecular weight is 404 g/mol. The predicted octanol–water partition coefficient (Wildman–Crippen LogP) is 2.69. The van der Waals surface area contributed by atoms with E-state index in [4.69, 9.17) is 4.42 Å². The van der Waals surface area contributed by atoms with Crippen LogP contribution < -0.4 is 10.6 Å². The number of hydrogen-bond donors (Lipinski definition) is 2. The molecule has 0 aliphatic carbocycles. The van der Waals surface area contributed by atoms with Crippen LogP contribution in [0.1, 0.15) is 32.0 Å². The van der Waals surface area contributed by atoms with Gasteiger partial charge in [0.05, 0.1) is 41.8 Å². The topological polar surface area (TPSA) is 107 Å². The van der Waals surface area contributed by atoms with Gasteiger partial charge in [0.1, 0.15) is 6.26 Å². The van der Waals surface area contributed by atoms with E-state index < -0.39 is 0 Å². The molecular weight excluding hydrogens is 384 g/mol. The zero-order valence-electron chi connectivity index (χ0n) is 16.5. The quantitative estimate of drug-likeness (QED) is 0.514. The highest BCUT2D eigenvalue weighted by molar-refractivity contribution is 6.03. The fourth-order valence-electron chi connectivity index (χ4n) is 2.89. The maximum absolute atomic E-state index is 12.4. The van der Waals surface area contributed by atoms with Crippen LogP contribution in [0.4, 0.5) is 5.69 Å². The van der Waals surface area contributed by atoms with Gasteiger partial charge in [-0.15, -0.1) is 0 Å². The molecule has 3 aromatic heterocycles. The maximum Gasteiger partial charge on any atom is 0.259 e. The van der Waals surface area contributed by atoms with Gasteiger partial charge in [-0.2, -0.15) is 10.2 Å². The summed E-state index contributed by atoms with van der Waals surface area (Å²) in [7, 11) is 1.86. The molecule has 4 aromatic rings. The van der Waals surface area contributed by atoms with Crippen molar-refractivity contribution in [2.75, 3.05) is 5.32 Å². The molecule has 0 saturated heterocycles. The number of carbonyl (C=O) groups is 2. The number of nitrogens with one attached hydrogen (secondary N) is 2. The molecular formula is C21H20N6O3. The lowest BCUT2D eigenvalue weighted by Crippen LogP contribution is -2.23. The standard InChI is InChI=1S/C21H20N6O3/c1-14-17(10-23-26(14)2)9-22-20(28)15-3-5-19(6-4-15)27-12-18(11-24-27)25-21(29)16-7-8-30-13-16/h3-8,10-13H,9H2,1-2H3,(H,22,28)(H,25,29). The van der Waals surface area contributed by atoms with Crippen LogP contribution in [0.25, 0.3) is 5.69 Å². The molecule has 152 valence electrons. The second-order valence-corrected chi connectivity index (χ2v) is 6.75. The lowest BCUT2D eigenvalue weighted by Gasteiger charge is -2.06. The Morgan fingerprint density at radius 2 is 1.83 bits per heavy atom. The summed E-state index contributed by atoms with van der Waals surface area (Å²) in [5, 5.41) is 14.1. The summed E-state index contributed by atoms with van der Waals surface area (Å²) in [5.74, 6) is -0.447. The Morgan fingerprint density at radius 1 is 1.03 bits per heavy atom. The summed E-state index contributed by atoms with van der Waals surface area (Å²) in [5.41, 5.74) is 4.28. The fourth-order valence-corrected chi connectivity index (χ4v) is 2.89. The Balaban J connectivity index is 1.38. The van der Waals surface area contributed by atoms with E-state index in [9.17, 15) is 9.59 Å². The normalized spacial score (nSPS) is 10.7. The number of aryl methyl sites for hydroxylation is 1. The summed E-state index contributed by atoms with van der Waals surface area (Å²) in [6.07, 6.45) is 7.81. The lowest BCUT2D eigenvalue weighted by atomic mass is 10.2. The van der Waals surface area contributed by atoms with Crippen molar-refractivity contribution in [2.24, 2.45) is 7.05 Å². The Morgan fingerprint density at radius 3 is 2.50 bits per heavy atom. The Bertz CT molecular complexity index is 1170. The van der Waals surface area contributed by atoms with Gasteiger partial charge in [-0.25, -0.2) is 4.68 Å². The second kappa shape index (κ2) is 8.08. The Labute approximate surface area is 172 Å². The van der Waals surface area contributed by atoms with Crippen molar-refractivity contribution in [3.8, 4) is 5.69 Å². The van der Waals surface area contributed by atoms with E-state index in [1.165, 1.54) is 12.5 Å². The smallest absolute Gasteiger partial charge is 0.259 e. The molecule has 0 aliphatic heterocycles. The van der Waals surface area contributed by atoms with Gasteiger partial charge in [0.2, 0.25) is 0 Å². The molecule has 0 saturated carbocycles. The number of nitrogens with zero attached hydrogens (tertiary/aromatic N) is 4. The number of furan rings is 1. The monoisotopic (exact) mass is 404 g/mol. The highest BCUT2D eigenvalue weighted by Gasteiger charge is 2.11. The van der Waals surface area contributed by atoms with Gasteiger partial charge in [0.15, 0.2) is 0 Å². The molecule has 9 nitrogen and oxygen atoms in total. The van der Waals surface area contributed by atoms with Crippen molar-refractivity contribution in [1.82, 2.24) is 24.9 Å². The molecule has 9 heteroatoms. The summed E-state index contributed by atoms with van der Waals surface area (Å²) in [4.78, 5) is 24.5. The SMILES string of the molecule is Cc1c(CNC(=O)c2ccc(-n3cc(NC(=O)c4ccoc4)cn3)cc2)cnn1C. The summed E-state index contributed by atoms with van der Waals surface area (Å²) >= 11 is 0. The van der Waals surface area contributed by atoms with Crippen LogP contribution in [0.15, 0.2) is 65.9 Å². The first-order chi connectivity index (χ1) is 14.5. The van der Waals surface area contributed by atoms with Gasteiger partial charge in [-0.1, -0.05) is 0 Å². The molecule has 0 fully saturated rings. The zero-order chi connectivity index (χ0) is 21.1. The minimum atomic E-state index is -0.279. The van der Waals surface area contributed by atoms with Gasteiger partial charge in [0, 0.05) is 30.4 Å². The highest BCUT2D eigenvalue weighted by atomic mass is 16.3. The van der Waals surface area contributed by atoms with E-state index in [0.29, 0.717) is 23.4 Å². The van der Waals surface area contributed by atoms with Crippen LogP contribution in [-0.2, 0) is 13.6 Å². The molecule has 1 aromatic carbocycles. The molecule has 0 spiro atoms. The van der Waals surface area contributed by atoms with Crippen molar-refractivity contribution in [2.45, 2.75) is 13.5 Å². The van der Waals surface area contributed by atoms with Crippen molar-refractivity contribution < 1.29 is 14.0 Å². The lowest BCUT2D eigenvalue weighted by molar-refractivity contribution is 0.0950. The van der Waals surface area contributed by atoms with Crippen molar-refractivity contribution in [3.05, 3.63) is 83.8 Å². The van der Waals surface area contributed by atoms with Crippen molar-refractivity contribution in [3.63, 3.8) is 0 Å². The van der Waals surface area contributed by atoms with E-state index in [2.05, 4.69) is 20.8 Å². The molecule has 0 atom stereocenters. The van der Waals surface area contributed by atoms with E-state index in [1.807, 2.05) is 14.0 Å². The number of anilines is 1. The molecule has 0 unspecified atom stereocenters. The first kappa shape index (κ1) is 19.2. The number of rotatable bonds is 6. The molecule has 30 heavy (non-hydrogen) atoms. The molecule has 4 rings (SSSR count). The van der Waals surface area contributed by atoms with Gasteiger partial charge < -0.3 is 15.1 Å². The number of aromatic nitrogens is 4. The number of hydrogen-bond acceptors (Lipinski definition) is 5. The summed E-state index contributed by atoms with van der Waals surface area (Å²) < 4.78 is 8.30. The highest BCUT2D eigenvalue weighted by Crippen LogP contribution is 2.14. The van der Waals surface area contributed by atoms with E-state index >= 15 is 0 Å². The minimum absolute atomic E-state index is 0.168. The molecule has 2 N–H and O–H groups in total. The number of carbonyl (C=O) groups excluding carboxylic acids is 2. The molecule has 3 heterocycles. The fraction of sp³-hybridized carbons (Fsp3) is 0.143. The Hall–Kier alpha value is -4.14. The van der Waals surface area contributed by atoms with Crippen LogP contribution >= 0.6 is 0 Å². The van der Waals surface area contributed by atoms with E-state index in [1.54, 1.807) is 58.3 Å². The summed E-state index contributed by atoms with van der Waals surface area (Å²) in [6, 6.07) is 8.62. The van der Waals surface area contributed by atoms with Crippen LogP contribution in [0.2, 0.25) is 0 Å². The van der Waals surface area contributed by atoms with Crippen LogP contribution in [0.5, 0.6) is 0 Å². The van der Waals surface area contributed by atoms with Gasteiger partial charge in [-0.3, -0.25) is 14.3 Å². The summed E-state index contributed by atoms with van der Waals surface area (Å²) in [6.45, 7) is 2.37. The average Bonchev–Trinajstić information content (AvgIpc) is 3.50. The van der Waals surface area contributed by atoms with Crippen molar-refractivity contribution >= 4 is 17.5 Å². The Kier molecular flexibility index (Phi) is 5.17. The van der Waals surface area contributed by atoms with Crippen LogP contribution in [0.3, 0.4) is 0 Å². The molecule has 0 bridgehead atoms. The third-order valence-electron chi connectivity index (χ3n) is 4.79. The van der Waals surface area contributed by atoms with Gasteiger partial charge >= 0.3 is 0 Å². The van der Waals surface area contributed by atoms with E-state index in [0.717, 1.165) is 16.9 Å². The largest absolute Gasteiger partial charge is 0.472 e. The molecule has 0 radical (unpaired) electrons. The molecule has 0 aliphatic rings. The van der Waals surface area contributed by atoms with Crippen LogP contribution in [-0.4, -0.2) is 31.4 Å². The predicted molar refractivity (Wildman–Crippen MR) is 109 cm³/mol. The maximum atomic E-state index is 12.4. The van der Waals surface area contributed by atoms with Crippen LogP contribution in [0, 0.1) is 6.92 Å². The third-order valence-corrected chi connectivity index (χ3v) is 4.79. The van der Waals surface area contributed by atoms with E-state index in [-0.39, 0.29) is 11.8 Å². The third kappa shape index (κ3) is 4.00. The first-order valence-electron chi connectivity index (χ1n) is 9.25. The first-order valence-corrected chi connectivity index (χ1v) is 9.25. The number of amides is 2. The van der Waals surface area contributed by atoms with Crippen molar-refractivity contribution in [1.29, 1.82) is 0 Å². The molecule has 2 amide bonds. The van der Waals surface area contributed by atoms with Gasteiger partial charge in [0.25, 0.3) is 11.8 Å². The number of benzene rings is 1.